The molecule has 1 aromatic carbocycles. The van der Waals surface area contributed by atoms with E-state index in [1.165, 1.54) is 0 Å². The summed E-state index contributed by atoms with van der Waals surface area (Å²) >= 11 is 0. The van der Waals surface area contributed by atoms with Gasteiger partial charge in [0.25, 0.3) is 0 Å². The smallest absolute Gasteiger partial charge is 0.336 e. The average molecular weight is 381 g/mol. The highest BCUT2D eigenvalue weighted by molar-refractivity contribution is 6.84. The lowest BCUT2D eigenvalue weighted by Crippen LogP contribution is -2.52. The van der Waals surface area contributed by atoms with Gasteiger partial charge in [0, 0.05) is 12.2 Å². The van der Waals surface area contributed by atoms with Crippen molar-refractivity contribution in [2.45, 2.75) is 51.8 Å². The fourth-order valence-corrected chi connectivity index (χ4v) is 10.7. The first-order valence-corrected chi connectivity index (χ1v) is 14.8. The quantitative estimate of drug-likeness (QED) is 0.294. The van der Waals surface area contributed by atoms with Gasteiger partial charge in [-0.15, -0.1) is 0 Å². The van der Waals surface area contributed by atoms with E-state index in [1.807, 2.05) is 13.0 Å². The fraction of sp³-hybridized carbons (Fsp3) is 0.444. The molecule has 1 unspecified atom stereocenters. The molecule has 0 heterocycles. The molecule has 0 saturated heterocycles. The van der Waals surface area contributed by atoms with Crippen molar-refractivity contribution in [2.75, 3.05) is 0 Å². The van der Waals surface area contributed by atoms with Gasteiger partial charge in [-0.3, -0.25) is 0 Å². The van der Waals surface area contributed by atoms with Crippen LogP contribution in [-0.4, -0.2) is 34.3 Å². The molecule has 0 fully saturated rings. The van der Waals surface area contributed by atoms with Crippen molar-refractivity contribution >= 4 is 28.6 Å². The van der Waals surface area contributed by atoms with Crippen LogP contribution >= 0.6 is 0 Å². The summed E-state index contributed by atoms with van der Waals surface area (Å²) in [5, 5.41) is 0. The SMILES string of the molecule is CCC(OC(=O)/C=C/C(=O)Oc1ccccc1)[Si](C)(C)O[Si](C)(C)C. The van der Waals surface area contributed by atoms with Gasteiger partial charge in [0.15, 0.2) is 8.32 Å². The van der Waals surface area contributed by atoms with Gasteiger partial charge in [0.2, 0.25) is 8.32 Å². The monoisotopic (exact) mass is 380 g/mol. The molecular formula is C18H28O5Si2. The number of esters is 2. The van der Waals surface area contributed by atoms with Crippen molar-refractivity contribution in [1.82, 2.24) is 0 Å². The van der Waals surface area contributed by atoms with E-state index in [2.05, 4.69) is 32.7 Å². The highest BCUT2D eigenvalue weighted by Crippen LogP contribution is 2.22. The lowest BCUT2D eigenvalue weighted by Gasteiger charge is -2.36. The van der Waals surface area contributed by atoms with Crippen LogP contribution in [0.4, 0.5) is 0 Å². The number of benzene rings is 1. The normalized spacial score (nSPS) is 13.5. The molecule has 0 bridgehead atoms. The number of rotatable bonds is 8. The van der Waals surface area contributed by atoms with Gasteiger partial charge in [0.05, 0.1) is 0 Å². The molecule has 0 aliphatic rings. The van der Waals surface area contributed by atoms with Crippen LogP contribution in [0, 0.1) is 0 Å². The second-order valence-corrected chi connectivity index (χ2v) is 16.1. The predicted octanol–water partition coefficient (Wildman–Crippen LogP) is 4.07. The van der Waals surface area contributed by atoms with Crippen molar-refractivity contribution in [3.63, 3.8) is 0 Å². The van der Waals surface area contributed by atoms with Gasteiger partial charge >= 0.3 is 11.9 Å². The highest BCUT2D eigenvalue weighted by atomic mass is 28.4. The first-order valence-electron chi connectivity index (χ1n) is 8.39. The maximum absolute atomic E-state index is 12.0. The van der Waals surface area contributed by atoms with Crippen LogP contribution in [0.1, 0.15) is 13.3 Å². The zero-order valence-electron chi connectivity index (χ0n) is 15.9. The van der Waals surface area contributed by atoms with Crippen LogP contribution in [0.25, 0.3) is 0 Å². The summed E-state index contributed by atoms with van der Waals surface area (Å²) in [6.07, 6.45) is 2.86. The maximum atomic E-state index is 12.0. The minimum absolute atomic E-state index is 0.262. The second kappa shape index (κ2) is 9.12. The van der Waals surface area contributed by atoms with Crippen LogP contribution in [-0.2, 0) is 18.4 Å². The Morgan fingerprint density at radius 3 is 2.08 bits per heavy atom. The number of hydrogen-bond donors (Lipinski definition) is 0. The van der Waals surface area contributed by atoms with Crippen LogP contribution in [0.5, 0.6) is 5.75 Å². The molecule has 5 nitrogen and oxygen atoms in total. The Labute approximate surface area is 152 Å². The molecule has 1 rings (SSSR count). The third kappa shape index (κ3) is 8.28. The minimum Gasteiger partial charge on any atom is -0.460 e. The van der Waals surface area contributed by atoms with Crippen molar-refractivity contribution < 1.29 is 23.2 Å². The van der Waals surface area contributed by atoms with Crippen LogP contribution < -0.4 is 4.74 Å². The first-order chi connectivity index (χ1) is 11.5. The summed E-state index contributed by atoms with van der Waals surface area (Å²) in [6.45, 7) is 12.4. The number of ether oxygens (including phenoxy) is 2. The van der Waals surface area contributed by atoms with E-state index in [0.29, 0.717) is 12.2 Å². The van der Waals surface area contributed by atoms with Crippen molar-refractivity contribution in [1.29, 1.82) is 0 Å². The Hall–Kier alpha value is -1.71. The van der Waals surface area contributed by atoms with Gasteiger partial charge in [-0.05, 0) is 51.3 Å². The minimum atomic E-state index is -2.18. The Kier molecular flexibility index (Phi) is 7.78. The molecule has 0 aliphatic carbocycles. The topological polar surface area (TPSA) is 61.8 Å². The van der Waals surface area contributed by atoms with E-state index in [9.17, 15) is 9.59 Å². The van der Waals surface area contributed by atoms with E-state index in [-0.39, 0.29) is 5.73 Å². The largest absolute Gasteiger partial charge is 0.460 e. The molecular weight excluding hydrogens is 352 g/mol. The molecule has 7 heteroatoms. The maximum Gasteiger partial charge on any atom is 0.336 e. The number of carbonyl (C=O) groups is 2. The molecule has 138 valence electrons. The summed E-state index contributed by atoms with van der Waals surface area (Å²) in [4.78, 5) is 23.8. The van der Waals surface area contributed by atoms with Gasteiger partial charge in [0.1, 0.15) is 11.5 Å². The van der Waals surface area contributed by atoms with Crippen LogP contribution in [0.2, 0.25) is 32.7 Å². The average Bonchev–Trinajstić information content (AvgIpc) is 2.49. The summed E-state index contributed by atoms with van der Waals surface area (Å²) in [7, 11) is -3.90. The van der Waals surface area contributed by atoms with Crippen molar-refractivity contribution in [3.8, 4) is 5.75 Å². The molecule has 0 N–H and O–H groups in total. The second-order valence-electron chi connectivity index (χ2n) is 7.22. The van der Waals surface area contributed by atoms with Crippen molar-refractivity contribution in [3.05, 3.63) is 42.5 Å². The molecule has 0 aliphatic heterocycles. The summed E-state index contributed by atoms with van der Waals surface area (Å²) in [6, 6.07) is 8.68. The molecule has 1 atom stereocenters. The van der Waals surface area contributed by atoms with E-state index in [1.54, 1.807) is 24.3 Å². The Morgan fingerprint density at radius 2 is 1.56 bits per heavy atom. The fourth-order valence-electron chi connectivity index (χ4n) is 2.53. The highest BCUT2D eigenvalue weighted by Gasteiger charge is 2.39. The standard InChI is InChI=1S/C18H28O5Si2/c1-7-18(25(5,6)23-24(2,3)4)22-17(20)14-13-16(19)21-15-11-9-8-10-12-15/h8-14,18H,7H2,1-6H3/b14-13+. The number of carbonyl (C=O) groups excluding carboxylic acids is 2. The predicted molar refractivity (Wildman–Crippen MR) is 103 cm³/mol. The molecule has 0 amide bonds. The summed E-state index contributed by atoms with van der Waals surface area (Å²) in [5.41, 5.74) is -0.262. The van der Waals surface area contributed by atoms with Crippen LogP contribution in [0.3, 0.4) is 0 Å². The van der Waals surface area contributed by atoms with Gasteiger partial charge in [-0.1, -0.05) is 25.1 Å². The molecule has 0 saturated carbocycles. The Morgan fingerprint density at radius 1 is 1.00 bits per heavy atom. The zero-order valence-corrected chi connectivity index (χ0v) is 17.9. The molecule has 25 heavy (non-hydrogen) atoms. The Balaban J connectivity index is 2.62. The van der Waals surface area contributed by atoms with Gasteiger partial charge < -0.3 is 13.6 Å². The molecule has 0 spiro atoms. The summed E-state index contributed by atoms with van der Waals surface area (Å²) in [5.74, 6) is -0.753. The summed E-state index contributed by atoms with van der Waals surface area (Å²) < 4.78 is 16.9. The molecule has 1 aromatic rings. The van der Waals surface area contributed by atoms with Crippen molar-refractivity contribution in [2.24, 2.45) is 0 Å². The lowest BCUT2D eigenvalue weighted by molar-refractivity contribution is -0.141. The number of para-hydroxylation sites is 1. The number of hydrogen-bond acceptors (Lipinski definition) is 5. The van der Waals surface area contributed by atoms with Gasteiger partial charge in [-0.25, -0.2) is 9.59 Å². The van der Waals surface area contributed by atoms with E-state index in [4.69, 9.17) is 13.6 Å². The van der Waals surface area contributed by atoms with E-state index in [0.717, 1.165) is 12.2 Å². The van der Waals surface area contributed by atoms with Gasteiger partial charge in [-0.2, -0.15) is 0 Å². The Bertz CT molecular complexity index is 606. The third-order valence-corrected chi connectivity index (χ3v) is 9.92. The lowest BCUT2D eigenvalue weighted by atomic mass is 10.3. The van der Waals surface area contributed by atoms with Crippen LogP contribution in [0.15, 0.2) is 42.5 Å². The first kappa shape index (κ1) is 21.3. The van der Waals surface area contributed by atoms with E-state index >= 15 is 0 Å². The third-order valence-electron chi connectivity index (χ3n) is 3.29. The zero-order chi connectivity index (χ0) is 19.1. The molecule has 0 radical (unpaired) electrons. The molecule has 0 aromatic heterocycles. The van der Waals surface area contributed by atoms with E-state index < -0.39 is 28.6 Å².